The summed E-state index contributed by atoms with van der Waals surface area (Å²) in [5, 5.41) is 12.8. The Morgan fingerprint density at radius 2 is 2.05 bits per heavy atom. The minimum absolute atomic E-state index is 0.0503. The molecule has 0 bridgehead atoms. The summed E-state index contributed by atoms with van der Waals surface area (Å²) in [6.07, 6.45) is 0.138. The lowest BCUT2D eigenvalue weighted by molar-refractivity contribution is -0.0981. The average Bonchev–Trinajstić information content (AvgIpc) is 2.48. The number of aliphatic hydroxyl groups is 1. The fourth-order valence-corrected chi connectivity index (χ4v) is 3.34. The quantitative estimate of drug-likeness (QED) is 0.837. The highest BCUT2D eigenvalue weighted by Crippen LogP contribution is 2.23. The van der Waals surface area contributed by atoms with Gasteiger partial charge in [0.15, 0.2) is 0 Å². The van der Waals surface area contributed by atoms with E-state index in [9.17, 15) is 5.11 Å². The van der Waals surface area contributed by atoms with Gasteiger partial charge in [0.25, 0.3) is 0 Å². The predicted molar refractivity (Wildman–Crippen MR) is 85.3 cm³/mol. The molecule has 2 N–H and O–H groups in total. The molecule has 0 radical (unpaired) electrons. The largest absolute Gasteiger partial charge is 0.394 e. The zero-order valence-corrected chi connectivity index (χ0v) is 13.3. The van der Waals surface area contributed by atoms with E-state index in [-0.39, 0.29) is 18.8 Å². The molecule has 1 aliphatic heterocycles. The number of hydrogen-bond acceptors (Lipinski definition) is 4. The maximum Gasteiger partial charge on any atom is 0.0936 e. The molecule has 1 fully saturated rings. The molecule has 118 valence electrons. The summed E-state index contributed by atoms with van der Waals surface area (Å²) in [4.78, 5) is 2.41. The Labute approximate surface area is 128 Å². The van der Waals surface area contributed by atoms with E-state index in [0.717, 1.165) is 19.6 Å². The first-order chi connectivity index (χ1) is 10.1. The summed E-state index contributed by atoms with van der Waals surface area (Å²) in [7, 11) is 2.02. The molecular weight excluding hydrogens is 264 g/mol. The topological polar surface area (TPSA) is 44.7 Å². The zero-order valence-electron chi connectivity index (χ0n) is 13.3. The van der Waals surface area contributed by atoms with Gasteiger partial charge in [-0.05, 0) is 25.5 Å². The summed E-state index contributed by atoms with van der Waals surface area (Å²) < 4.78 is 5.71. The van der Waals surface area contributed by atoms with Crippen LogP contribution < -0.4 is 5.32 Å². The highest BCUT2D eigenvalue weighted by molar-refractivity contribution is 5.19. The fraction of sp³-hybridized carbons (Fsp3) is 0.647. The summed E-state index contributed by atoms with van der Waals surface area (Å²) in [5.74, 6) is 0.488. The molecule has 0 amide bonds. The van der Waals surface area contributed by atoms with Gasteiger partial charge >= 0.3 is 0 Å². The third-order valence-corrected chi connectivity index (χ3v) is 4.19. The van der Waals surface area contributed by atoms with Crippen LogP contribution in [0.3, 0.4) is 0 Å². The van der Waals surface area contributed by atoms with Crippen molar-refractivity contribution in [2.75, 3.05) is 33.3 Å². The van der Waals surface area contributed by atoms with Crippen molar-refractivity contribution in [1.82, 2.24) is 10.2 Å². The van der Waals surface area contributed by atoms with E-state index < -0.39 is 0 Å². The molecule has 1 aliphatic rings. The maximum absolute atomic E-state index is 9.33. The van der Waals surface area contributed by atoms with Crippen LogP contribution in [-0.2, 0) is 4.74 Å². The number of nitrogens with one attached hydrogen (secondary N) is 1. The molecule has 1 aromatic rings. The predicted octanol–water partition coefficient (Wildman–Crippen LogP) is 1.66. The van der Waals surface area contributed by atoms with Crippen molar-refractivity contribution in [3.63, 3.8) is 0 Å². The Kier molecular flexibility index (Phi) is 6.18. The Hall–Kier alpha value is -0.940. The lowest BCUT2D eigenvalue weighted by Gasteiger charge is -2.38. The highest BCUT2D eigenvalue weighted by atomic mass is 16.5. The van der Waals surface area contributed by atoms with Crippen LogP contribution in [0.5, 0.6) is 0 Å². The van der Waals surface area contributed by atoms with E-state index in [2.05, 4.69) is 54.4 Å². The Morgan fingerprint density at radius 1 is 1.33 bits per heavy atom. The van der Waals surface area contributed by atoms with Gasteiger partial charge in [-0.2, -0.15) is 0 Å². The van der Waals surface area contributed by atoms with Crippen molar-refractivity contribution < 1.29 is 9.84 Å². The van der Waals surface area contributed by atoms with Gasteiger partial charge in [0.2, 0.25) is 0 Å². The first kappa shape index (κ1) is 16.4. The van der Waals surface area contributed by atoms with Gasteiger partial charge in [-0.3, -0.25) is 4.90 Å². The molecule has 4 unspecified atom stereocenters. The van der Waals surface area contributed by atoms with E-state index in [4.69, 9.17) is 4.74 Å². The van der Waals surface area contributed by atoms with E-state index >= 15 is 0 Å². The molecule has 0 saturated carbocycles. The van der Waals surface area contributed by atoms with Gasteiger partial charge in [-0.25, -0.2) is 0 Å². The monoisotopic (exact) mass is 292 g/mol. The third kappa shape index (κ3) is 4.51. The molecule has 0 aliphatic carbocycles. The van der Waals surface area contributed by atoms with Gasteiger partial charge in [-0.1, -0.05) is 37.3 Å². The van der Waals surface area contributed by atoms with Crippen LogP contribution in [0.1, 0.15) is 25.5 Å². The number of morpholine rings is 1. The van der Waals surface area contributed by atoms with Crippen LogP contribution >= 0.6 is 0 Å². The lowest BCUT2D eigenvalue weighted by Crippen LogP contribution is -2.50. The van der Waals surface area contributed by atoms with Crippen LogP contribution in [0.4, 0.5) is 0 Å². The fourth-order valence-electron chi connectivity index (χ4n) is 3.34. The third-order valence-electron chi connectivity index (χ3n) is 4.19. The maximum atomic E-state index is 9.33. The molecule has 0 aromatic heterocycles. The first-order valence-electron chi connectivity index (χ1n) is 7.85. The minimum Gasteiger partial charge on any atom is -0.394 e. The molecule has 4 nitrogen and oxygen atoms in total. The number of rotatable bonds is 6. The highest BCUT2D eigenvalue weighted by Gasteiger charge is 2.27. The van der Waals surface area contributed by atoms with Crippen molar-refractivity contribution >= 4 is 0 Å². The first-order valence-corrected chi connectivity index (χ1v) is 7.85. The van der Waals surface area contributed by atoms with E-state index in [0.29, 0.717) is 12.0 Å². The molecule has 1 aromatic carbocycles. The smallest absolute Gasteiger partial charge is 0.0936 e. The van der Waals surface area contributed by atoms with E-state index in [1.54, 1.807) is 0 Å². The Bertz CT molecular complexity index is 413. The van der Waals surface area contributed by atoms with Crippen LogP contribution in [0, 0.1) is 5.92 Å². The average molecular weight is 292 g/mol. The zero-order chi connectivity index (χ0) is 15.2. The van der Waals surface area contributed by atoms with Crippen LogP contribution in [0.15, 0.2) is 30.3 Å². The number of benzene rings is 1. The molecule has 21 heavy (non-hydrogen) atoms. The second-order valence-corrected chi connectivity index (χ2v) is 6.12. The SMILES string of the molecule is CNC(c1ccccc1)C(C)CN1CC(C)OC(CO)C1. The van der Waals surface area contributed by atoms with Gasteiger partial charge in [0, 0.05) is 25.7 Å². The van der Waals surface area contributed by atoms with Crippen molar-refractivity contribution in [3.05, 3.63) is 35.9 Å². The summed E-state index contributed by atoms with van der Waals surface area (Å²) in [5.41, 5.74) is 1.33. The standard InChI is InChI=1S/C17H28N2O2/c1-13(17(18-3)15-7-5-4-6-8-15)9-19-10-14(2)21-16(11-19)12-20/h4-8,13-14,16-18,20H,9-12H2,1-3H3. The van der Waals surface area contributed by atoms with Gasteiger partial charge in [-0.15, -0.1) is 0 Å². The van der Waals surface area contributed by atoms with Gasteiger partial charge in [0.05, 0.1) is 18.8 Å². The molecule has 4 atom stereocenters. The van der Waals surface area contributed by atoms with Crippen molar-refractivity contribution in [3.8, 4) is 0 Å². The van der Waals surface area contributed by atoms with Crippen LogP contribution in [-0.4, -0.2) is 55.5 Å². The van der Waals surface area contributed by atoms with Crippen molar-refractivity contribution in [2.45, 2.75) is 32.1 Å². The summed E-state index contributed by atoms with van der Waals surface area (Å²) >= 11 is 0. The van der Waals surface area contributed by atoms with Crippen molar-refractivity contribution in [1.29, 1.82) is 0 Å². The van der Waals surface area contributed by atoms with Crippen LogP contribution in [0.25, 0.3) is 0 Å². The van der Waals surface area contributed by atoms with Gasteiger partial charge < -0.3 is 15.2 Å². The Morgan fingerprint density at radius 3 is 2.67 bits per heavy atom. The molecule has 1 heterocycles. The number of ether oxygens (including phenoxy) is 1. The number of aliphatic hydroxyl groups excluding tert-OH is 1. The van der Waals surface area contributed by atoms with E-state index in [1.807, 2.05) is 7.05 Å². The Balaban J connectivity index is 1.97. The minimum atomic E-state index is -0.0503. The molecule has 0 spiro atoms. The number of nitrogens with zero attached hydrogens (tertiary/aromatic N) is 1. The molecule has 1 saturated heterocycles. The van der Waals surface area contributed by atoms with E-state index in [1.165, 1.54) is 5.56 Å². The molecular formula is C17H28N2O2. The lowest BCUT2D eigenvalue weighted by atomic mass is 9.93. The molecule has 2 rings (SSSR count). The summed E-state index contributed by atoms with van der Waals surface area (Å²) in [6.45, 7) is 7.21. The van der Waals surface area contributed by atoms with Gasteiger partial charge in [0.1, 0.15) is 0 Å². The molecule has 4 heteroatoms. The second kappa shape index (κ2) is 7.90. The second-order valence-electron chi connectivity index (χ2n) is 6.12. The summed E-state index contributed by atoms with van der Waals surface area (Å²) in [6, 6.07) is 10.9. The van der Waals surface area contributed by atoms with Crippen LogP contribution in [0.2, 0.25) is 0 Å². The number of hydrogen-bond donors (Lipinski definition) is 2. The normalized spacial score (nSPS) is 26.5. The van der Waals surface area contributed by atoms with Crippen molar-refractivity contribution in [2.24, 2.45) is 5.92 Å².